The van der Waals surface area contributed by atoms with Crippen molar-refractivity contribution in [1.29, 1.82) is 0 Å². The molecule has 1 heterocycles. The molecule has 0 unspecified atom stereocenters. The Kier molecular flexibility index (Phi) is 6.66. The molecule has 0 bridgehead atoms. The number of nitrogens with one attached hydrogen (secondary N) is 2. The van der Waals surface area contributed by atoms with E-state index in [9.17, 15) is 13.2 Å². The summed E-state index contributed by atoms with van der Waals surface area (Å²) < 4.78 is 29.0. The highest BCUT2D eigenvalue weighted by atomic mass is 32.2. The van der Waals surface area contributed by atoms with E-state index in [4.69, 9.17) is 0 Å². The van der Waals surface area contributed by atoms with Crippen LogP contribution in [0.2, 0.25) is 0 Å². The third-order valence-electron chi connectivity index (χ3n) is 6.09. The number of sulfonamides is 1. The number of fused-ring (bicyclic) bond motifs is 2. The van der Waals surface area contributed by atoms with E-state index in [1.54, 1.807) is 6.20 Å². The Morgan fingerprint density at radius 1 is 1.16 bits per heavy atom. The van der Waals surface area contributed by atoms with Crippen molar-refractivity contribution in [1.82, 2.24) is 19.2 Å². The van der Waals surface area contributed by atoms with Crippen molar-refractivity contribution in [2.45, 2.75) is 51.5 Å². The first-order chi connectivity index (χ1) is 15.3. The lowest BCUT2D eigenvalue weighted by atomic mass is 9.99. The van der Waals surface area contributed by atoms with Gasteiger partial charge in [0.1, 0.15) is 5.82 Å². The van der Waals surface area contributed by atoms with E-state index < -0.39 is 16.1 Å². The summed E-state index contributed by atoms with van der Waals surface area (Å²) in [5, 5.41) is 3.85. The third-order valence-corrected chi connectivity index (χ3v) is 7.06. The van der Waals surface area contributed by atoms with Gasteiger partial charge in [0.05, 0.1) is 5.41 Å². The Morgan fingerprint density at radius 2 is 1.84 bits per heavy atom. The molecule has 0 fully saturated rings. The zero-order chi connectivity index (χ0) is 22.7. The first-order valence-corrected chi connectivity index (χ1v) is 12.7. The fraction of sp³-hybridized carbons (Fsp3) is 0.478. The monoisotopic (exact) mass is 457 g/mol. The van der Waals surface area contributed by atoms with E-state index in [1.165, 1.54) is 17.2 Å². The molecule has 0 saturated carbocycles. The average molecular weight is 458 g/mol. The van der Waals surface area contributed by atoms with Crippen molar-refractivity contribution >= 4 is 27.8 Å². The summed E-state index contributed by atoms with van der Waals surface area (Å²) in [6.45, 7) is 1.66. The molecule has 0 spiro atoms. The minimum atomic E-state index is -3.96. The summed E-state index contributed by atoms with van der Waals surface area (Å²) >= 11 is 0. The summed E-state index contributed by atoms with van der Waals surface area (Å²) in [4.78, 5) is 18.9. The summed E-state index contributed by atoms with van der Waals surface area (Å²) in [7, 11) is 0.0598. The average Bonchev–Trinajstić information content (AvgIpc) is 3.46. The molecule has 2 aliphatic rings. The number of carbonyl (C=O) groups is 1. The van der Waals surface area contributed by atoms with Crippen LogP contribution in [0, 0.1) is 0 Å². The molecule has 2 aromatic rings. The van der Waals surface area contributed by atoms with E-state index in [2.05, 4.69) is 26.0 Å². The van der Waals surface area contributed by atoms with E-state index in [-0.39, 0.29) is 0 Å². The molecule has 0 aliphatic heterocycles. The van der Waals surface area contributed by atoms with Crippen molar-refractivity contribution < 1.29 is 13.2 Å². The normalized spacial score (nSPS) is 15.3. The number of hydrogen-bond acceptors (Lipinski definition) is 5. The Morgan fingerprint density at radius 3 is 2.50 bits per heavy atom. The fourth-order valence-electron chi connectivity index (χ4n) is 4.65. The van der Waals surface area contributed by atoms with Gasteiger partial charge in [-0.2, -0.15) is 0 Å². The largest absolute Gasteiger partial charge is 0.333 e. The molecular formula is C23H31N5O3S. The van der Waals surface area contributed by atoms with Gasteiger partial charge in [0, 0.05) is 24.6 Å². The Bertz CT molecular complexity index is 1100. The molecule has 1 aromatic carbocycles. The second kappa shape index (κ2) is 9.46. The van der Waals surface area contributed by atoms with Gasteiger partial charge in [0.2, 0.25) is 0 Å². The van der Waals surface area contributed by atoms with Crippen LogP contribution < -0.4 is 10.0 Å². The van der Waals surface area contributed by atoms with Crippen LogP contribution in [0.1, 0.15) is 47.3 Å². The number of urea groups is 1. The van der Waals surface area contributed by atoms with Crippen molar-refractivity contribution in [2.75, 3.05) is 26.0 Å². The molecule has 0 radical (unpaired) electrons. The van der Waals surface area contributed by atoms with Gasteiger partial charge in [0.15, 0.2) is 0 Å². The molecule has 2 aliphatic carbocycles. The number of hydrogen-bond donors (Lipinski definition) is 2. The first-order valence-electron chi connectivity index (χ1n) is 11.2. The molecular weight excluding hydrogens is 426 g/mol. The minimum Gasteiger partial charge on any atom is -0.331 e. The number of carbonyl (C=O) groups excluding carboxylic acids is 1. The van der Waals surface area contributed by atoms with Gasteiger partial charge in [-0.3, -0.25) is 0 Å². The molecule has 0 saturated heterocycles. The fourth-order valence-corrected chi connectivity index (χ4v) is 5.32. The highest BCUT2D eigenvalue weighted by Gasteiger charge is 2.25. The number of rotatable bonds is 8. The summed E-state index contributed by atoms with van der Waals surface area (Å²) in [6.07, 6.45) is 11.8. The highest BCUT2D eigenvalue weighted by Crippen LogP contribution is 2.38. The highest BCUT2D eigenvalue weighted by molar-refractivity contribution is 7.93. The molecule has 2 amide bonds. The topological polar surface area (TPSA) is 96.3 Å². The predicted molar refractivity (Wildman–Crippen MR) is 126 cm³/mol. The van der Waals surface area contributed by atoms with E-state index in [0.29, 0.717) is 5.82 Å². The molecule has 4 rings (SSSR count). The maximum absolute atomic E-state index is 12.6. The number of aromatic nitrogens is 2. The van der Waals surface area contributed by atoms with Gasteiger partial charge < -0.3 is 14.8 Å². The smallest absolute Gasteiger partial charge is 0.331 e. The van der Waals surface area contributed by atoms with E-state index in [0.717, 1.165) is 80.3 Å². The van der Waals surface area contributed by atoms with Crippen LogP contribution in [0.25, 0.3) is 6.08 Å². The SMILES string of the molecule is CN(C)CCCn1ccnc1/C=C/S(=O)(=O)NC(=O)Nc1c2c(cc3c1CCC3)CCC2. The zero-order valence-electron chi connectivity index (χ0n) is 18.7. The van der Waals surface area contributed by atoms with Crippen LogP contribution in [-0.2, 0) is 42.3 Å². The molecule has 1 aromatic heterocycles. The first kappa shape index (κ1) is 22.5. The molecule has 0 atom stereocenters. The van der Waals surface area contributed by atoms with Crippen molar-refractivity contribution in [3.05, 3.63) is 51.9 Å². The Balaban J connectivity index is 1.42. The third kappa shape index (κ3) is 5.21. The number of aryl methyl sites for hydroxylation is 3. The van der Waals surface area contributed by atoms with Crippen LogP contribution in [0.3, 0.4) is 0 Å². The summed E-state index contributed by atoms with van der Waals surface area (Å²) in [5.74, 6) is 0.535. The van der Waals surface area contributed by atoms with Crippen LogP contribution in [-0.4, -0.2) is 49.5 Å². The number of amides is 2. The van der Waals surface area contributed by atoms with Crippen molar-refractivity contribution in [2.24, 2.45) is 0 Å². The van der Waals surface area contributed by atoms with Gasteiger partial charge in [-0.25, -0.2) is 22.9 Å². The van der Waals surface area contributed by atoms with Crippen LogP contribution in [0.15, 0.2) is 23.9 Å². The van der Waals surface area contributed by atoms with Crippen LogP contribution >= 0.6 is 0 Å². The molecule has 2 N–H and O–H groups in total. The lowest BCUT2D eigenvalue weighted by molar-refractivity contribution is 0.256. The maximum Gasteiger partial charge on any atom is 0.333 e. The standard InChI is InChI=1S/C23H31N5O3S/c1-27(2)12-5-13-28-14-11-24-21(28)10-15-32(30,31)26-23(29)25-22-19-8-3-6-17(19)16-18-7-4-9-20(18)22/h10-11,14-16H,3-9,12-13H2,1-2H3,(H2,25,26,29)/b15-10+. The van der Waals surface area contributed by atoms with E-state index in [1.807, 2.05) is 24.9 Å². The van der Waals surface area contributed by atoms with Crippen molar-refractivity contribution in [3.63, 3.8) is 0 Å². The Hall–Kier alpha value is -2.65. The van der Waals surface area contributed by atoms with Gasteiger partial charge in [-0.05, 0) is 93.9 Å². The van der Waals surface area contributed by atoms with Gasteiger partial charge in [-0.15, -0.1) is 0 Å². The number of benzene rings is 1. The Labute approximate surface area is 189 Å². The van der Waals surface area contributed by atoms with Gasteiger partial charge in [0.25, 0.3) is 10.0 Å². The summed E-state index contributed by atoms with van der Waals surface area (Å²) in [6, 6.07) is 1.55. The lowest BCUT2D eigenvalue weighted by Crippen LogP contribution is -2.33. The molecule has 8 nitrogen and oxygen atoms in total. The van der Waals surface area contributed by atoms with Crippen LogP contribution in [0.4, 0.5) is 10.5 Å². The zero-order valence-corrected chi connectivity index (χ0v) is 19.5. The minimum absolute atomic E-state index is 0.535. The number of nitrogens with zero attached hydrogens (tertiary/aromatic N) is 3. The molecule has 172 valence electrons. The molecule has 32 heavy (non-hydrogen) atoms. The maximum atomic E-state index is 12.6. The van der Waals surface area contributed by atoms with E-state index >= 15 is 0 Å². The lowest BCUT2D eigenvalue weighted by Gasteiger charge is -2.16. The quantitative estimate of drug-likeness (QED) is 0.635. The number of imidazole rings is 1. The molecule has 9 heteroatoms. The van der Waals surface area contributed by atoms with Gasteiger partial charge in [-0.1, -0.05) is 6.07 Å². The van der Waals surface area contributed by atoms with Crippen molar-refractivity contribution in [3.8, 4) is 0 Å². The predicted octanol–water partition coefficient (Wildman–Crippen LogP) is 2.93. The summed E-state index contributed by atoms with van der Waals surface area (Å²) in [5.41, 5.74) is 5.71. The van der Waals surface area contributed by atoms with Crippen LogP contribution in [0.5, 0.6) is 0 Å². The number of anilines is 1. The second-order valence-corrected chi connectivity index (χ2v) is 10.3. The van der Waals surface area contributed by atoms with Gasteiger partial charge >= 0.3 is 6.03 Å². The second-order valence-electron chi connectivity index (χ2n) is 8.77.